The van der Waals surface area contributed by atoms with E-state index in [1.54, 1.807) is 0 Å². The van der Waals surface area contributed by atoms with Crippen molar-refractivity contribution in [3.8, 4) is 0 Å². The van der Waals surface area contributed by atoms with Gasteiger partial charge >= 0.3 is 0 Å². The number of hydrogen-bond acceptors (Lipinski definition) is 2. The summed E-state index contributed by atoms with van der Waals surface area (Å²) >= 11 is 0. The van der Waals surface area contributed by atoms with Crippen LogP contribution >= 0.6 is 24.0 Å². The highest BCUT2D eigenvalue weighted by atomic mass is 127. The van der Waals surface area contributed by atoms with Crippen molar-refractivity contribution in [3.63, 3.8) is 0 Å². The molecular weight excluding hydrogens is 439 g/mol. The summed E-state index contributed by atoms with van der Waals surface area (Å²) in [6.07, 6.45) is 4.41. The molecule has 0 spiro atoms. The Bertz CT molecular complexity index is 603. The third kappa shape index (κ3) is 7.35. The first-order chi connectivity index (χ1) is 12.1. The molecule has 1 aromatic rings. The minimum atomic E-state index is 0. The van der Waals surface area contributed by atoms with Gasteiger partial charge in [0.15, 0.2) is 5.96 Å². The van der Waals surface area contributed by atoms with Crippen molar-refractivity contribution in [3.05, 3.63) is 41.5 Å². The summed E-state index contributed by atoms with van der Waals surface area (Å²) in [4.78, 5) is 18.2. The Morgan fingerprint density at radius 3 is 2.35 bits per heavy atom. The first-order valence-electron chi connectivity index (χ1n) is 9.08. The average Bonchev–Trinajstić information content (AvgIpc) is 2.63. The standard InChI is InChI=1S/C20H30N4O.HI/c1-16(2)19(25)22-11-12-23-20(21-3)24-13-9-18(10-14-24)15-17-7-5-4-6-8-17;/h4-8,15-16H,9-14H2,1-3H3,(H,21,23)(H,22,25);1H. The van der Waals surface area contributed by atoms with E-state index in [-0.39, 0.29) is 35.8 Å². The van der Waals surface area contributed by atoms with Crippen molar-refractivity contribution >= 4 is 41.9 Å². The molecule has 1 heterocycles. The van der Waals surface area contributed by atoms with E-state index in [2.05, 4.69) is 50.9 Å². The van der Waals surface area contributed by atoms with Gasteiger partial charge in [-0.05, 0) is 18.4 Å². The van der Waals surface area contributed by atoms with Crippen LogP contribution in [0.1, 0.15) is 32.3 Å². The number of benzene rings is 1. The van der Waals surface area contributed by atoms with Crippen LogP contribution in [0.4, 0.5) is 0 Å². The van der Waals surface area contributed by atoms with Crippen LogP contribution in [0.15, 0.2) is 40.9 Å². The summed E-state index contributed by atoms with van der Waals surface area (Å²) < 4.78 is 0. The quantitative estimate of drug-likeness (QED) is 0.301. The van der Waals surface area contributed by atoms with Crippen molar-refractivity contribution in [1.82, 2.24) is 15.5 Å². The highest BCUT2D eigenvalue weighted by Gasteiger charge is 2.17. The topological polar surface area (TPSA) is 56.7 Å². The Kier molecular flexibility index (Phi) is 10.3. The summed E-state index contributed by atoms with van der Waals surface area (Å²) in [6, 6.07) is 10.5. The Labute approximate surface area is 174 Å². The van der Waals surface area contributed by atoms with Gasteiger partial charge in [-0.15, -0.1) is 24.0 Å². The van der Waals surface area contributed by atoms with E-state index in [0.717, 1.165) is 31.9 Å². The third-order valence-corrected chi connectivity index (χ3v) is 4.32. The first kappa shape index (κ1) is 22.5. The lowest BCUT2D eigenvalue weighted by atomic mass is 10.0. The number of piperidine rings is 1. The van der Waals surface area contributed by atoms with Gasteiger partial charge in [0.05, 0.1) is 0 Å². The monoisotopic (exact) mass is 470 g/mol. The zero-order chi connectivity index (χ0) is 18.1. The van der Waals surface area contributed by atoms with Gasteiger partial charge in [-0.2, -0.15) is 0 Å². The van der Waals surface area contributed by atoms with Crippen molar-refractivity contribution in [1.29, 1.82) is 0 Å². The Balaban J connectivity index is 0.00000338. The second-order valence-corrected chi connectivity index (χ2v) is 6.62. The maximum atomic E-state index is 11.6. The molecule has 0 aliphatic carbocycles. The number of nitrogens with one attached hydrogen (secondary N) is 2. The largest absolute Gasteiger partial charge is 0.354 e. The molecule has 144 valence electrons. The first-order valence-corrected chi connectivity index (χ1v) is 9.08. The van der Waals surface area contributed by atoms with Crippen LogP contribution < -0.4 is 10.6 Å². The average molecular weight is 470 g/mol. The van der Waals surface area contributed by atoms with Crippen LogP contribution in [0.3, 0.4) is 0 Å². The van der Waals surface area contributed by atoms with E-state index in [4.69, 9.17) is 0 Å². The lowest BCUT2D eigenvalue weighted by Crippen LogP contribution is -2.46. The SMILES string of the molecule is CN=C(NCCNC(=O)C(C)C)N1CCC(=Cc2ccccc2)CC1.I. The van der Waals surface area contributed by atoms with Gasteiger partial charge in [0.25, 0.3) is 0 Å². The van der Waals surface area contributed by atoms with Crippen molar-refractivity contribution in [2.24, 2.45) is 10.9 Å². The van der Waals surface area contributed by atoms with Gasteiger partial charge in [0.2, 0.25) is 5.91 Å². The molecule has 2 rings (SSSR count). The molecule has 0 radical (unpaired) electrons. The normalized spacial score (nSPS) is 14.7. The van der Waals surface area contributed by atoms with Gasteiger partial charge in [-0.25, -0.2) is 0 Å². The molecule has 26 heavy (non-hydrogen) atoms. The number of likely N-dealkylation sites (tertiary alicyclic amines) is 1. The maximum Gasteiger partial charge on any atom is 0.222 e. The summed E-state index contributed by atoms with van der Waals surface area (Å²) in [5.41, 5.74) is 2.76. The molecule has 5 nitrogen and oxygen atoms in total. The van der Waals surface area contributed by atoms with Gasteiger partial charge in [-0.1, -0.05) is 55.8 Å². The minimum absolute atomic E-state index is 0. The number of nitrogens with zero attached hydrogens (tertiary/aromatic N) is 2. The predicted molar refractivity (Wildman–Crippen MR) is 120 cm³/mol. The van der Waals surface area contributed by atoms with Crippen LogP contribution in [0.25, 0.3) is 6.08 Å². The van der Waals surface area contributed by atoms with E-state index in [1.165, 1.54) is 11.1 Å². The molecule has 1 fully saturated rings. The van der Waals surface area contributed by atoms with Crippen molar-refractivity contribution in [2.45, 2.75) is 26.7 Å². The summed E-state index contributed by atoms with van der Waals surface area (Å²) in [6.45, 7) is 7.04. The Morgan fingerprint density at radius 2 is 1.77 bits per heavy atom. The smallest absolute Gasteiger partial charge is 0.222 e. The number of halogens is 1. The zero-order valence-corrected chi connectivity index (χ0v) is 18.3. The van der Waals surface area contributed by atoms with Crippen LogP contribution in [-0.2, 0) is 4.79 Å². The third-order valence-electron chi connectivity index (χ3n) is 4.32. The highest BCUT2D eigenvalue weighted by Crippen LogP contribution is 2.19. The van der Waals surface area contributed by atoms with E-state index in [1.807, 2.05) is 27.0 Å². The number of rotatable bonds is 5. The van der Waals surface area contributed by atoms with E-state index < -0.39 is 0 Å². The van der Waals surface area contributed by atoms with Gasteiger partial charge < -0.3 is 15.5 Å². The molecule has 0 bridgehead atoms. The number of guanidine groups is 1. The molecule has 1 aliphatic rings. The van der Waals surface area contributed by atoms with Crippen molar-refractivity contribution < 1.29 is 4.79 Å². The van der Waals surface area contributed by atoms with E-state index >= 15 is 0 Å². The van der Waals surface area contributed by atoms with Crippen LogP contribution in [0.2, 0.25) is 0 Å². The zero-order valence-electron chi connectivity index (χ0n) is 16.0. The minimum Gasteiger partial charge on any atom is -0.354 e. The second kappa shape index (κ2) is 11.9. The van der Waals surface area contributed by atoms with Crippen LogP contribution in [-0.4, -0.2) is 50.0 Å². The van der Waals surface area contributed by atoms with Crippen LogP contribution in [0, 0.1) is 5.92 Å². The number of carbonyl (C=O) groups excluding carboxylic acids is 1. The fourth-order valence-corrected chi connectivity index (χ4v) is 2.83. The summed E-state index contributed by atoms with van der Waals surface area (Å²) in [5.74, 6) is 1.03. The fourth-order valence-electron chi connectivity index (χ4n) is 2.83. The molecule has 2 N–H and O–H groups in total. The lowest BCUT2D eigenvalue weighted by molar-refractivity contribution is -0.123. The highest BCUT2D eigenvalue weighted by molar-refractivity contribution is 14.0. The molecule has 1 saturated heterocycles. The van der Waals surface area contributed by atoms with Gasteiger partial charge in [-0.3, -0.25) is 9.79 Å². The van der Waals surface area contributed by atoms with Crippen molar-refractivity contribution in [2.75, 3.05) is 33.2 Å². The molecule has 1 aliphatic heterocycles. The number of hydrogen-bond donors (Lipinski definition) is 2. The molecule has 0 aromatic heterocycles. The summed E-state index contributed by atoms with van der Waals surface area (Å²) in [5, 5.41) is 6.25. The number of carbonyl (C=O) groups is 1. The molecule has 0 saturated carbocycles. The molecule has 0 unspecified atom stereocenters. The fraction of sp³-hybridized carbons (Fsp3) is 0.500. The van der Waals surface area contributed by atoms with Gasteiger partial charge in [0.1, 0.15) is 0 Å². The molecule has 6 heteroatoms. The number of amides is 1. The Hall–Kier alpha value is -1.57. The number of aliphatic imine (C=N–C) groups is 1. The Morgan fingerprint density at radius 1 is 1.15 bits per heavy atom. The van der Waals surface area contributed by atoms with Gasteiger partial charge in [0, 0.05) is 39.1 Å². The summed E-state index contributed by atoms with van der Waals surface area (Å²) in [7, 11) is 1.81. The molecule has 0 atom stereocenters. The van der Waals surface area contributed by atoms with E-state index in [9.17, 15) is 4.79 Å². The van der Waals surface area contributed by atoms with Crippen LogP contribution in [0.5, 0.6) is 0 Å². The molecular formula is C20H31IN4O. The van der Waals surface area contributed by atoms with E-state index in [0.29, 0.717) is 13.1 Å². The predicted octanol–water partition coefficient (Wildman–Crippen LogP) is 3.13. The molecule has 1 aromatic carbocycles. The second-order valence-electron chi connectivity index (χ2n) is 6.62. The lowest BCUT2D eigenvalue weighted by Gasteiger charge is -2.31. The maximum absolute atomic E-state index is 11.6. The molecule has 1 amide bonds.